The summed E-state index contributed by atoms with van der Waals surface area (Å²) >= 11 is 1.64. The Balaban J connectivity index is 1.78. The lowest BCUT2D eigenvalue weighted by atomic mass is 10.1. The Morgan fingerprint density at radius 1 is 1.24 bits per heavy atom. The molecule has 0 aliphatic carbocycles. The fourth-order valence-corrected chi connectivity index (χ4v) is 3.81. The van der Waals surface area contributed by atoms with E-state index in [4.69, 9.17) is 14.8 Å². The molecule has 1 N–H and O–H groups in total. The van der Waals surface area contributed by atoms with E-state index in [0.717, 1.165) is 40.3 Å². The van der Waals surface area contributed by atoms with Gasteiger partial charge in [-0.25, -0.2) is 9.97 Å². The second-order valence-corrected chi connectivity index (χ2v) is 6.79. The highest BCUT2D eigenvalue weighted by molar-refractivity contribution is 7.17. The molecule has 0 saturated carbocycles. The third kappa shape index (κ3) is 3.33. The molecular formula is C18H17N3O3S. The van der Waals surface area contributed by atoms with Crippen LogP contribution < -0.4 is 4.90 Å². The smallest absolute Gasteiger partial charge is 0.307 e. The molecular weight excluding hydrogens is 338 g/mol. The third-order valence-corrected chi connectivity index (χ3v) is 5.04. The monoisotopic (exact) mass is 355 g/mol. The minimum absolute atomic E-state index is 0.00907. The van der Waals surface area contributed by atoms with Gasteiger partial charge >= 0.3 is 5.97 Å². The first-order valence-corrected chi connectivity index (χ1v) is 8.98. The molecule has 2 aromatic heterocycles. The molecule has 3 aromatic rings. The lowest BCUT2D eigenvalue weighted by Gasteiger charge is -2.28. The molecule has 0 unspecified atom stereocenters. The second kappa shape index (κ2) is 6.78. The maximum Gasteiger partial charge on any atom is 0.307 e. The van der Waals surface area contributed by atoms with Gasteiger partial charge in [0.15, 0.2) is 11.6 Å². The zero-order valence-corrected chi connectivity index (χ0v) is 14.3. The van der Waals surface area contributed by atoms with Crippen LogP contribution in [-0.4, -0.2) is 47.3 Å². The van der Waals surface area contributed by atoms with Crippen LogP contribution in [0.25, 0.3) is 21.6 Å². The molecule has 0 radical (unpaired) electrons. The van der Waals surface area contributed by atoms with Gasteiger partial charge in [-0.05, 0) is 23.1 Å². The zero-order valence-electron chi connectivity index (χ0n) is 13.5. The predicted octanol–water partition coefficient (Wildman–Crippen LogP) is 2.82. The molecule has 0 bridgehead atoms. The van der Waals surface area contributed by atoms with Crippen LogP contribution in [-0.2, 0) is 16.0 Å². The van der Waals surface area contributed by atoms with E-state index in [1.807, 2.05) is 35.7 Å². The number of carbonyl (C=O) groups is 1. The van der Waals surface area contributed by atoms with Gasteiger partial charge in [0, 0.05) is 18.7 Å². The van der Waals surface area contributed by atoms with Crippen molar-refractivity contribution in [1.82, 2.24) is 9.97 Å². The quantitative estimate of drug-likeness (QED) is 0.776. The number of aromatic nitrogens is 2. The van der Waals surface area contributed by atoms with Crippen molar-refractivity contribution in [3.8, 4) is 11.4 Å². The number of anilines is 1. The number of aliphatic carboxylic acids is 1. The van der Waals surface area contributed by atoms with E-state index >= 15 is 0 Å². The predicted molar refractivity (Wildman–Crippen MR) is 97.2 cm³/mol. The van der Waals surface area contributed by atoms with Gasteiger partial charge in [-0.3, -0.25) is 4.79 Å². The molecule has 4 rings (SSSR count). The number of hydrogen-bond acceptors (Lipinski definition) is 6. The van der Waals surface area contributed by atoms with Crippen molar-refractivity contribution in [3.63, 3.8) is 0 Å². The van der Waals surface area contributed by atoms with Gasteiger partial charge in [0.25, 0.3) is 0 Å². The Bertz CT molecular complexity index is 919. The van der Waals surface area contributed by atoms with Crippen LogP contribution >= 0.6 is 11.3 Å². The number of carboxylic acid groups (broad SMARTS) is 1. The molecule has 0 atom stereocenters. The molecule has 3 heterocycles. The maximum absolute atomic E-state index is 11.0. The summed E-state index contributed by atoms with van der Waals surface area (Å²) in [6.45, 7) is 3.01. The first-order chi connectivity index (χ1) is 12.2. The van der Waals surface area contributed by atoms with Crippen LogP contribution in [0.4, 0.5) is 5.82 Å². The SMILES string of the molecule is O=C(O)Cc1cccc(-c2nc(N3CCOCC3)c3sccc3n2)c1. The molecule has 0 amide bonds. The van der Waals surface area contributed by atoms with Gasteiger partial charge < -0.3 is 14.7 Å². The second-order valence-electron chi connectivity index (χ2n) is 5.88. The first-order valence-electron chi connectivity index (χ1n) is 8.10. The lowest BCUT2D eigenvalue weighted by molar-refractivity contribution is -0.136. The van der Waals surface area contributed by atoms with Gasteiger partial charge in [0.05, 0.1) is 29.9 Å². The van der Waals surface area contributed by atoms with Gasteiger partial charge in [-0.2, -0.15) is 0 Å². The molecule has 128 valence electrons. The van der Waals surface area contributed by atoms with E-state index in [-0.39, 0.29) is 6.42 Å². The van der Waals surface area contributed by atoms with Crippen LogP contribution in [0.5, 0.6) is 0 Å². The molecule has 1 saturated heterocycles. The van der Waals surface area contributed by atoms with Crippen molar-refractivity contribution >= 4 is 33.3 Å². The molecule has 1 aromatic carbocycles. The summed E-state index contributed by atoms with van der Waals surface area (Å²) in [7, 11) is 0. The van der Waals surface area contributed by atoms with Crippen molar-refractivity contribution in [2.45, 2.75) is 6.42 Å². The van der Waals surface area contributed by atoms with E-state index in [0.29, 0.717) is 19.0 Å². The fourth-order valence-electron chi connectivity index (χ4n) is 2.96. The van der Waals surface area contributed by atoms with Crippen molar-refractivity contribution in [2.75, 3.05) is 31.2 Å². The largest absolute Gasteiger partial charge is 0.481 e. The first kappa shape index (κ1) is 16.0. The molecule has 6 nitrogen and oxygen atoms in total. The number of benzene rings is 1. The number of nitrogens with zero attached hydrogens (tertiary/aromatic N) is 3. The van der Waals surface area contributed by atoms with E-state index in [1.165, 1.54) is 0 Å². The Labute approximate surface area is 148 Å². The average molecular weight is 355 g/mol. The van der Waals surface area contributed by atoms with E-state index in [2.05, 4.69) is 9.88 Å². The molecule has 25 heavy (non-hydrogen) atoms. The minimum atomic E-state index is -0.847. The number of rotatable bonds is 4. The summed E-state index contributed by atoms with van der Waals surface area (Å²) in [5, 5.41) is 11.0. The van der Waals surface area contributed by atoms with E-state index < -0.39 is 5.97 Å². The molecule has 7 heteroatoms. The highest BCUT2D eigenvalue weighted by Gasteiger charge is 2.19. The van der Waals surface area contributed by atoms with Crippen molar-refractivity contribution in [1.29, 1.82) is 0 Å². The van der Waals surface area contributed by atoms with Crippen molar-refractivity contribution < 1.29 is 14.6 Å². The van der Waals surface area contributed by atoms with Crippen molar-refractivity contribution in [2.24, 2.45) is 0 Å². The molecule has 1 fully saturated rings. The lowest BCUT2D eigenvalue weighted by Crippen LogP contribution is -2.36. The van der Waals surface area contributed by atoms with Crippen LogP contribution in [0.3, 0.4) is 0 Å². The highest BCUT2D eigenvalue weighted by Crippen LogP contribution is 2.32. The highest BCUT2D eigenvalue weighted by atomic mass is 32.1. The van der Waals surface area contributed by atoms with Crippen LogP contribution in [0, 0.1) is 0 Å². The summed E-state index contributed by atoms with van der Waals surface area (Å²) in [5.74, 6) is 0.710. The number of fused-ring (bicyclic) bond motifs is 1. The number of ether oxygens (including phenoxy) is 1. The Morgan fingerprint density at radius 2 is 2.08 bits per heavy atom. The zero-order chi connectivity index (χ0) is 17.2. The minimum Gasteiger partial charge on any atom is -0.481 e. The average Bonchev–Trinajstić information content (AvgIpc) is 3.10. The van der Waals surface area contributed by atoms with Gasteiger partial charge in [-0.15, -0.1) is 11.3 Å². The Hall–Kier alpha value is -2.51. The number of carboxylic acids is 1. The molecule has 1 aliphatic rings. The van der Waals surface area contributed by atoms with E-state index in [1.54, 1.807) is 11.3 Å². The van der Waals surface area contributed by atoms with Gasteiger partial charge in [-0.1, -0.05) is 18.2 Å². The van der Waals surface area contributed by atoms with Crippen LogP contribution in [0.15, 0.2) is 35.7 Å². The Kier molecular flexibility index (Phi) is 4.33. The Morgan fingerprint density at radius 3 is 2.88 bits per heavy atom. The summed E-state index contributed by atoms with van der Waals surface area (Å²) in [6, 6.07) is 9.43. The molecule has 1 aliphatic heterocycles. The number of thiophene rings is 1. The summed E-state index contributed by atoms with van der Waals surface area (Å²) in [4.78, 5) is 22.7. The topological polar surface area (TPSA) is 75.5 Å². The fraction of sp³-hybridized carbons (Fsp3) is 0.278. The van der Waals surface area contributed by atoms with Crippen LogP contribution in [0.2, 0.25) is 0 Å². The summed E-state index contributed by atoms with van der Waals surface area (Å²) in [5.41, 5.74) is 2.49. The number of morpholine rings is 1. The van der Waals surface area contributed by atoms with Crippen LogP contribution in [0.1, 0.15) is 5.56 Å². The van der Waals surface area contributed by atoms with Gasteiger partial charge in [0.1, 0.15) is 0 Å². The van der Waals surface area contributed by atoms with Crippen molar-refractivity contribution in [3.05, 3.63) is 41.3 Å². The summed E-state index contributed by atoms with van der Waals surface area (Å²) < 4.78 is 6.52. The van der Waals surface area contributed by atoms with Gasteiger partial charge in [0.2, 0.25) is 0 Å². The summed E-state index contributed by atoms with van der Waals surface area (Å²) in [6.07, 6.45) is -0.00907. The number of hydrogen-bond donors (Lipinski definition) is 1. The standard InChI is InChI=1S/C18H17N3O3S/c22-15(23)11-12-2-1-3-13(10-12)17-19-14-4-9-25-16(14)18(20-17)21-5-7-24-8-6-21/h1-4,9-10H,5-8,11H2,(H,22,23). The maximum atomic E-state index is 11.0. The van der Waals surface area contributed by atoms with E-state index in [9.17, 15) is 4.79 Å². The normalized spacial score (nSPS) is 14.8. The third-order valence-electron chi connectivity index (χ3n) is 4.14. The molecule has 0 spiro atoms.